The summed E-state index contributed by atoms with van der Waals surface area (Å²) in [6, 6.07) is 0. The first-order valence-electron chi connectivity index (χ1n) is 26.7. The molecule has 0 aliphatic heterocycles. The highest BCUT2D eigenvalue weighted by Crippen LogP contribution is 2.12. The molecule has 1 unspecified atom stereocenters. The number of allylic oxidation sites excluding steroid dienone is 22. The van der Waals surface area contributed by atoms with Crippen molar-refractivity contribution in [2.24, 2.45) is 0 Å². The standard InChI is InChI=1S/C61H96O6/c1-4-7-10-13-16-19-22-25-27-29-30-32-33-36-39-42-45-48-51-54-60(63)66-57-58(56-65-59(62)53-50-47-44-41-38-35-24-21-18-15-12-9-6-3)67-61(64)55-52-49-46-43-40-37-34-31-28-26-23-20-17-14-11-8-5-2/h7,9-10,12,15-21,24-28,30,32,34,37,43,46,58H,4-6,8,11,13-14,22-23,29,31,33,35-36,38-42,44-45,47-57H2,1-3H3/b10-7-,12-9-,18-15-,19-16-,20-17-,24-21-,27-25-,28-26-,32-30-,37-34-,46-43-. The number of carbonyl (C=O) groups is 3. The molecular formula is C61H96O6. The van der Waals surface area contributed by atoms with Crippen LogP contribution in [0.2, 0.25) is 0 Å². The normalized spacial score (nSPS) is 13.2. The molecule has 0 saturated heterocycles. The number of esters is 3. The lowest BCUT2D eigenvalue weighted by Crippen LogP contribution is -2.30. The van der Waals surface area contributed by atoms with Crippen LogP contribution in [0.25, 0.3) is 0 Å². The van der Waals surface area contributed by atoms with Gasteiger partial charge in [-0.15, -0.1) is 0 Å². The maximum atomic E-state index is 12.8. The summed E-state index contributed by atoms with van der Waals surface area (Å²) in [6.07, 6.45) is 75.8. The number of hydrogen-bond donors (Lipinski definition) is 0. The van der Waals surface area contributed by atoms with E-state index in [2.05, 4.69) is 148 Å². The van der Waals surface area contributed by atoms with E-state index in [1.807, 2.05) is 6.08 Å². The van der Waals surface area contributed by atoms with Crippen LogP contribution >= 0.6 is 0 Å². The molecule has 6 nitrogen and oxygen atoms in total. The van der Waals surface area contributed by atoms with Crippen LogP contribution in [0.4, 0.5) is 0 Å². The molecule has 0 bridgehead atoms. The molecular weight excluding hydrogens is 829 g/mol. The van der Waals surface area contributed by atoms with Crippen molar-refractivity contribution in [1.29, 1.82) is 0 Å². The summed E-state index contributed by atoms with van der Waals surface area (Å²) in [5.74, 6) is -1.02. The van der Waals surface area contributed by atoms with Crippen LogP contribution in [0.1, 0.15) is 213 Å². The van der Waals surface area contributed by atoms with Gasteiger partial charge in [-0.25, -0.2) is 0 Å². The predicted molar refractivity (Wildman–Crippen MR) is 288 cm³/mol. The molecule has 0 fully saturated rings. The van der Waals surface area contributed by atoms with Gasteiger partial charge in [0.25, 0.3) is 0 Å². The van der Waals surface area contributed by atoms with Crippen molar-refractivity contribution >= 4 is 17.9 Å². The Balaban J connectivity index is 4.54. The topological polar surface area (TPSA) is 78.9 Å². The van der Waals surface area contributed by atoms with Crippen LogP contribution in [-0.4, -0.2) is 37.2 Å². The van der Waals surface area contributed by atoms with Gasteiger partial charge in [-0.05, 0) is 116 Å². The molecule has 6 heteroatoms. The second-order valence-electron chi connectivity index (χ2n) is 17.1. The zero-order chi connectivity index (χ0) is 48.6. The molecule has 0 aromatic carbocycles. The summed E-state index contributed by atoms with van der Waals surface area (Å²) < 4.78 is 16.7. The van der Waals surface area contributed by atoms with Gasteiger partial charge in [-0.3, -0.25) is 14.4 Å². The van der Waals surface area contributed by atoms with Gasteiger partial charge >= 0.3 is 17.9 Å². The molecule has 0 aliphatic carbocycles. The van der Waals surface area contributed by atoms with Gasteiger partial charge in [0.15, 0.2) is 6.10 Å². The van der Waals surface area contributed by atoms with E-state index in [9.17, 15) is 14.4 Å². The van der Waals surface area contributed by atoms with Crippen molar-refractivity contribution in [3.8, 4) is 0 Å². The Kier molecular flexibility index (Phi) is 50.6. The van der Waals surface area contributed by atoms with E-state index >= 15 is 0 Å². The lowest BCUT2D eigenvalue weighted by atomic mass is 10.1. The maximum absolute atomic E-state index is 12.8. The van der Waals surface area contributed by atoms with Crippen molar-refractivity contribution in [3.63, 3.8) is 0 Å². The first-order valence-corrected chi connectivity index (χ1v) is 26.7. The third kappa shape index (κ3) is 52.4. The van der Waals surface area contributed by atoms with Crippen LogP contribution in [0.3, 0.4) is 0 Å². The zero-order valence-electron chi connectivity index (χ0n) is 42.9. The lowest BCUT2D eigenvalue weighted by molar-refractivity contribution is -0.167. The van der Waals surface area contributed by atoms with Crippen molar-refractivity contribution in [2.45, 2.75) is 219 Å². The Morgan fingerprint density at radius 2 is 0.672 bits per heavy atom. The van der Waals surface area contributed by atoms with E-state index in [-0.39, 0.29) is 37.5 Å². The molecule has 0 radical (unpaired) electrons. The first kappa shape index (κ1) is 62.5. The monoisotopic (exact) mass is 925 g/mol. The van der Waals surface area contributed by atoms with E-state index in [1.54, 1.807) is 0 Å². The van der Waals surface area contributed by atoms with Gasteiger partial charge in [0.2, 0.25) is 0 Å². The van der Waals surface area contributed by atoms with E-state index in [4.69, 9.17) is 14.2 Å². The first-order chi connectivity index (χ1) is 33.0. The molecule has 0 amide bonds. The summed E-state index contributed by atoms with van der Waals surface area (Å²) in [4.78, 5) is 38.0. The van der Waals surface area contributed by atoms with Gasteiger partial charge in [0.05, 0.1) is 0 Å². The van der Waals surface area contributed by atoms with Gasteiger partial charge in [-0.2, -0.15) is 0 Å². The molecule has 0 N–H and O–H groups in total. The fourth-order valence-corrected chi connectivity index (χ4v) is 6.72. The summed E-state index contributed by atoms with van der Waals surface area (Å²) in [7, 11) is 0. The van der Waals surface area contributed by atoms with Gasteiger partial charge in [0.1, 0.15) is 13.2 Å². The summed E-state index contributed by atoms with van der Waals surface area (Å²) >= 11 is 0. The largest absolute Gasteiger partial charge is 0.462 e. The molecule has 0 aliphatic rings. The summed E-state index contributed by atoms with van der Waals surface area (Å²) in [6.45, 7) is 6.27. The second kappa shape index (κ2) is 54.2. The number of carbonyl (C=O) groups excluding carboxylic acids is 3. The predicted octanol–water partition coefficient (Wildman–Crippen LogP) is 17.9. The Hall–Kier alpha value is -4.45. The number of ether oxygens (including phenoxy) is 3. The van der Waals surface area contributed by atoms with Crippen molar-refractivity contribution < 1.29 is 28.6 Å². The molecule has 0 aromatic heterocycles. The summed E-state index contributed by atoms with van der Waals surface area (Å²) in [5.41, 5.74) is 0. The molecule has 0 spiro atoms. The van der Waals surface area contributed by atoms with Crippen molar-refractivity contribution in [2.75, 3.05) is 13.2 Å². The Labute approximate surface area is 411 Å². The summed E-state index contributed by atoms with van der Waals surface area (Å²) in [5, 5.41) is 0. The average molecular weight is 925 g/mol. The minimum absolute atomic E-state index is 0.119. The Morgan fingerprint density at radius 1 is 0.328 bits per heavy atom. The molecule has 1 atom stereocenters. The van der Waals surface area contributed by atoms with E-state index in [1.165, 1.54) is 38.5 Å². The van der Waals surface area contributed by atoms with E-state index < -0.39 is 6.10 Å². The number of hydrogen-bond acceptors (Lipinski definition) is 6. The highest BCUT2D eigenvalue weighted by atomic mass is 16.6. The molecule has 0 saturated carbocycles. The maximum Gasteiger partial charge on any atom is 0.306 e. The van der Waals surface area contributed by atoms with Crippen LogP contribution in [0, 0.1) is 0 Å². The number of unbranched alkanes of at least 4 members (excludes halogenated alkanes) is 15. The lowest BCUT2D eigenvalue weighted by Gasteiger charge is -2.18. The van der Waals surface area contributed by atoms with Crippen LogP contribution in [0.15, 0.2) is 134 Å². The van der Waals surface area contributed by atoms with Crippen molar-refractivity contribution in [1.82, 2.24) is 0 Å². The SMILES string of the molecule is CC\C=C/C=C\C=C/CCCCCCCC(=O)OCC(COC(=O)CCCCCCCC/C=C\C/C=C\C/C=C\C/C=C\CC)OC(=O)CCC/C=C\C/C=C\C/C=C\C/C=C\CCCCC. The molecule has 0 aromatic rings. The highest BCUT2D eigenvalue weighted by Gasteiger charge is 2.19. The molecule has 0 rings (SSSR count). The Morgan fingerprint density at radius 3 is 1.12 bits per heavy atom. The molecule has 376 valence electrons. The minimum atomic E-state index is -0.826. The van der Waals surface area contributed by atoms with Crippen LogP contribution < -0.4 is 0 Å². The molecule has 0 heterocycles. The van der Waals surface area contributed by atoms with Gasteiger partial charge < -0.3 is 14.2 Å². The number of rotatable bonds is 46. The second-order valence-corrected chi connectivity index (χ2v) is 17.1. The Bertz CT molecular complexity index is 1480. The fourth-order valence-electron chi connectivity index (χ4n) is 6.72. The van der Waals surface area contributed by atoms with Gasteiger partial charge in [-0.1, -0.05) is 212 Å². The van der Waals surface area contributed by atoms with Gasteiger partial charge in [0, 0.05) is 19.3 Å². The molecule has 67 heavy (non-hydrogen) atoms. The zero-order valence-corrected chi connectivity index (χ0v) is 42.9. The van der Waals surface area contributed by atoms with Crippen LogP contribution in [-0.2, 0) is 28.6 Å². The van der Waals surface area contributed by atoms with E-state index in [0.717, 1.165) is 128 Å². The highest BCUT2D eigenvalue weighted by molar-refractivity contribution is 5.71. The quantitative estimate of drug-likeness (QED) is 0.0199. The third-order valence-electron chi connectivity index (χ3n) is 10.7. The van der Waals surface area contributed by atoms with E-state index in [0.29, 0.717) is 19.3 Å². The minimum Gasteiger partial charge on any atom is -0.462 e. The fraction of sp³-hybridized carbons (Fsp3) is 0.590. The average Bonchev–Trinajstić information content (AvgIpc) is 3.33. The van der Waals surface area contributed by atoms with Crippen molar-refractivity contribution in [3.05, 3.63) is 134 Å². The third-order valence-corrected chi connectivity index (χ3v) is 10.7. The smallest absolute Gasteiger partial charge is 0.306 e. The van der Waals surface area contributed by atoms with Crippen LogP contribution in [0.5, 0.6) is 0 Å².